The van der Waals surface area contributed by atoms with Gasteiger partial charge in [0, 0.05) is 23.7 Å². The molecule has 84 valence electrons. The summed E-state index contributed by atoms with van der Waals surface area (Å²) in [5.41, 5.74) is 8.67. The topological polar surface area (TPSA) is 54.7 Å². The summed E-state index contributed by atoms with van der Waals surface area (Å²) >= 11 is 0. The van der Waals surface area contributed by atoms with Crippen molar-refractivity contribution < 1.29 is 4.39 Å². The molecule has 1 aromatic carbocycles. The second kappa shape index (κ2) is 4.45. The summed E-state index contributed by atoms with van der Waals surface area (Å²) in [4.78, 5) is 0. The molecular formula is C12H14FN3. The van der Waals surface area contributed by atoms with E-state index in [1.165, 1.54) is 12.1 Å². The molecular weight excluding hydrogens is 205 g/mol. The smallest absolute Gasteiger partial charge is 0.123 e. The van der Waals surface area contributed by atoms with Gasteiger partial charge < -0.3 is 5.73 Å². The molecule has 0 aliphatic carbocycles. The number of nitrogens with two attached hydrogens (primary N) is 1. The average Bonchev–Trinajstić information content (AvgIpc) is 2.66. The van der Waals surface area contributed by atoms with E-state index in [4.69, 9.17) is 5.73 Å². The highest BCUT2D eigenvalue weighted by molar-refractivity contribution is 5.65. The van der Waals surface area contributed by atoms with Gasteiger partial charge >= 0.3 is 0 Å². The van der Waals surface area contributed by atoms with Gasteiger partial charge in [-0.05, 0) is 24.6 Å². The Morgan fingerprint density at radius 2 is 2.06 bits per heavy atom. The minimum absolute atomic E-state index is 0.0691. The number of H-pyrrole nitrogens is 1. The molecule has 1 unspecified atom stereocenters. The molecule has 2 aromatic rings. The SMILES string of the molecule is CC(N)Cc1[nH]ncc1-c1ccc(F)cc1. The maximum absolute atomic E-state index is 12.8. The number of hydrogen-bond acceptors (Lipinski definition) is 2. The molecule has 0 aliphatic heterocycles. The van der Waals surface area contributed by atoms with E-state index in [1.807, 2.05) is 6.92 Å². The molecule has 3 N–H and O–H groups in total. The molecule has 0 bridgehead atoms. The van der Waals surface area contributed by atoms with E-state index in [0.717, 1.165) is 23.2 Å². The molecule has 1 heterocycles. The molecule has 0 saturated heterocycles. The molecule has 0 aliphatic rings. The molecule has 0 radical (unpaired) electrons. The minimum Gasteiger partial charge on any atom is -0.328 e. The molecule has 1 atom stereocenters. The number of nitrogens with one attached hydrogen (secondary N) is 1. The highest BCUT2D eigenvalue weighted by Crippen LogP contribution is 2.22. The number of nitrogens with zero attached hydrogens (tertiary/aromatic N) is 1. The molecule has 4 heteroatoms. The van der Waals surface area contributed by atoms with Crippen molar-refractivity contribution in [3.63, 3.8) is 0 Å². The third kappa shape index (κ3) is 2.28. The Bertz CT molecular complexity index is 459. The molecule has 0 amide bonds. The number of benzene rings is 1. The number of halogens is 1. The zero-order valence-electron chi connectivity index (χ0n) is 9.07. The molecule has 16 heavy (non-hydrogen) atoms. The fourth-order valence-electron chi connectivity index (χ4n) is 1.67. The fraction of sp³-hybridized carbons (Fsp3) is 0.250. The van der Waals surface area contributed by atoms with Crippen molar-refractivity contribution in [2.45, 2.75) is 19.4 Å². The van der Waals surface area contributed by atoms with E-state index < -0.39 is 0 Å². The molecule has 2 rings (SSSR count). The Labute approximate surface area is 93.5 Å². The molecule has 0 spiro atoms. The van der Waals surface area contributed by atoms with Crippen LogP contribution in [0.2, 0.25) is 0 Å². The quantitative estimate of drug-likeness (QED) is 0.830. The van der Waals surface area contributed by atoms with Crippen molar-refractivity contribution >= 4 is 0 Å². The van der Waals surface area contributed by atoms with E-state index in [0.29, 0.717) is 0 Å². The van der Waals surface area contributed by atoms with Crippen molar-refractivity contribution in [3.8, 4) is 11.1 Å². The van der Waals surface area contributed by atoms with Crippen LogP contribution in [0.15, 0.2) is 30.5 Å². The Kier molecular flexibility index (Phi) is 3.01. The molecule has 0 fully saturated rings. The third-order valence-corrected chi connectivity index (χ3v) is 2.40. The summed E-state index contributed by atoms with van der Waals surface area (Å²) in [6, 6.07) is 6.44. The third-order valence-electron chi connectivity index (χ3n) is 2.40. The lowest BCUT2D eigenvalue weighted by Gasteiger charge is -2.05. The molecule has 1 aromatic heterocycles. The first-order valence-electron chi connectivity index (χ1n) is 5.20. The maximum atomic E-state index is 12.8. The van der Waals surface area contributed by atoms with Crippen LogP contribution in [0.5, 0.6) is 0 Å². The summed E-state index contributed by atoms with van der Waals surface area (Å²) in [6.07, 6.45) is 2.47. The van der Waals surface area contributed by atoms with Crippen molar-refractivity contribution in [1.82, 2.24) is 10.2 Å². The van der Waals surface area contributed by atoms with Gasteiger partial charge in [0.1, 0.15) is 5.82 Å². The van der Waals surface area contributed by atoms with Crippen molar-refractivity contribution in [3.05, 3.63) is 42.0 Å². The van der Waals surface area contributed by atoms with Gasteiger partial charge in [0.25, 0.3) is 0 Å². The summed E-state index contributed by atoms with van der Waals surface area (Å²) < 4.78 is 12.8. The fourth-order valence-corrected chi connectivity index (χ4v) is 1.67. The largest absolute Gasteiger partial charge is 0.328 e. The van der Waals surface area contributed by atoms with Crippen LogP contribution in [0.1, 0.15) is 12.6 Å². The second-order valence-corrected chi connectivity index (χ2v) is 3.95. The Balaban J connectivity index is 2.33. The van der Waals surface area contributed by atoms with E-state index in [2.05, 4.69) is 10.2 Å². The van der Waals surface area contributed by atoms with E-state index in [-0.39, 0.29) is 11.9 Å². The van der Waals surface area contributed by atoms with Crippen LogP contribution < -0.4 is 5.73 Å². The first kappa shape index (κ1) is 10.8. The zero-order chi connectivity index (χ0) is 11.5. The highest BCUT2D eigenvalue weighted by atomic mass is 19.1. The summed E-state index contributed by atoms with van der Waals surface area (Å²) in [5, 5.41) is 6.93. The van der Waals surface area contributed by atoms with Gasteiger partial charge in [-0.25, -0.2) is 4.39 Å². The maximum Gasteiger partial charge on any atom is 0.123 e. The van der Waals surface area contributed by atoms with Crippen LogP contribution in [-0.4, -0.2) is 16.2 Å². The van der Waals surface area contributed by atoms with Crippen LogP contribution in [-0.2, 0) is 6.42 Å². The van der Waals surface area contributed by atoms with Gasteiger partial charge in [0.05, 0.1) is 6.20 Å². The summed E-state index contributed by atoms with van der Waals surface area (Å²) in [6.45, 7) is 1.94. The normalized spacial score (nSPS) is 12.7. The minimum atomic E-state index is -0.235. The second-order valence-electron chi connectivity index (χ2n) is 3.95. The van der Waals surface area contributed by atoms with Crippen molar-refractivity contribution in [2.75, 3.05) is 0 Å². The lowest BCUT2D eigenvalue weighted by atomic mass is 10.0. The lowest BCUT2D eigenvalue weighted by Crippen LogP contribution is -2.18. The van der Waals surface area contributed by atoms with Gasteiger partial charge in [-0.2, -0.15) is 5.10 Å². The zero-order valence-corrected chi connectivity index (χ0v) is 9.07. The van der Waals surface area contributed by atoms with Crippen LogP contribution in [0.25, 0.3) is 11.1 Å². The van der Waals surface area contributed by atoms with E-state index in [9.17, 15) is 4.39 Å². The number of aromatic nitrogens is 2. The molecule has 0 saturated carbocycles. The van der Waals surface area contributed by atoms with Crippen LogP contribution in [0.4, 0.5) is 4.39 Å². The summed E-state index contributed by atoms with van der Waals surface area (Å²) in [5.74, 6) is -0.235. The van der Waals surface area contributed by atoms with Crippen LogP contribution in [0, 0.1) is 5.82 Å². The predicted octanol–water partition coefficient (Wildman–Crippen LogP) is 2.11. The van der Waals surface area contributed by atoms with E-state index in [1.54, 1.807) is 18.3 Å². The highest BCUT2D eigenvalue weighted by Gasteiger charge is 2.09. The number of hydrogen-bond donors (Lipinski definition) is 2. The first-order valence-corrected chi connectivity index (χ1v) is 5.20. The summed E-state index contributed by atoms with van der Waals surface area (Å²) in [7, 11) is 0. The van der Waals surface area contributed by atoms with Gasteiger partial charge in [-0.15, -0.1) is 0 Å². The van der Waals surface area contributed by atoms with Gasteiger partial charge in [-0.3, -0.25) is 5.10 Å². The number of rotatable bonds is 3. The van der Waals surface area contributed by atoms with Crippen LogP contribution >= 0.6 is 0 Å². The average molecular weight is 219 g/mol. The standard InChI is InChI=1S/C12H14FN3/c1-8(14)6-12-11(7-15-16-12)9-2-4-10(13)5-3-9/h2-5,7-8H,6,14H2,1H3,(H,15,16). The van der Waals surface area contributed by atoms with E-state index >= 15 is 0 Å². The number of aromatic amines is 1. The van der Waals surface area contributed by atoms with Gasteiger partial charge in [-0.1, -0.05) is 12.1 Å². The van der Waals surface area contributed by atoms with Crippen molar-refractivity contribution in [2.24, 2.45) is 5.73 Å². The van der Waals surface area contributed by atoms with Gasteiger partial charge in [0.2, 0.25) is 0 Å². The predicted molar refractivity (Wildman–Crippen MR) is 61.3 cm³/mol. The first-order chi connectivity index (χ1) is 7.66. The lowest BCUT2D eigenvalue weighted by molar-refractivity contribution is 0.628. The van der Waals surface area contributed by atoms with Gasteiger partial charge in [0.15, 0.2) is 0 Å². The van der Waals surface area contributed by atoms with Crippen molar-refractivity contribution in [1.29, 1.82) is 0 Å². The van der Waals surface area contributed by atoms with Crippen LogP contribution in [0.3, 0.4) is 0 Å². The Hall–Kier alpha value is -1.68. The molecule has 3 nitrogen and oxygen atoms in total. The Morgan fingerprint density at radius 1 is 1.38 bits per heavy atom. The Morgan fingerprint density at radius 3 is 2.69 bits per heavy atom. The monoisotopic (exact) mass is 219 g/mol.